The zero-order valence-corrected chi connectivity index (χ0v) is 15.9. The third kappa shape index (κ3) is 7.16. The number of amides is 2. The monoisotopic (exact) mass is 332 g/mol. The van der Waals surface area contributed by atoms with Crippen LogP contribution >= 0.6 is 0 Å². The Labute approximate surface area is 146 Å². The summed E-state index contributed by atoms with van der Waals surface area (Å²) >= 11 is 0. The van der Waals surface area contributed by atoms with Gasteiger partial charge in [0.25, 0.3) is 0 Å². The lowest BCUT2D eigenvalue weighted by Crippen LogP contribution is -2.37. The summed E-state index contributed by atoms with van der Waals surface area (Å²) in [4.78, 5) is 23.8. The van der Waals surface area contributed by atoms with Crippen LogP contribution in [0.25, 0.3) is 0 Å². The van der Waals surface area contributed by atoms with Crippen molar-refractivity contribution in [2.75, 3.05) is 6.54 Å². The van der Waals surface area contributed by atoms with Crippen LogP contribution in [0, 0.1) is 11.3 Å². The minimum absolute atomic E-state index is 0.0379. The molecule has 0 spiro atoms. The van der Waals surface area contributed by atoms with Crippen LogP contribution < -0.4 is 10.6 Å². The van der Waals surface area contributed by atoms with E-state index in [9.17, 15) is 9.59 Å². The Morgan fingerprint density at radius 3 is 2.12 bits per heavy atom. The van der Waals surface area contributed by atoms with Gasteiger partial charge in [0.15, 0.2) is 0 Å². The molecule has 1 aromatic carbocycles. The van der Waals surface area contributed by atoms with Gasteiger partial charge < -0.3 is 10.6 Å². The number of nitrogens with one attached hydrogen (secondary N) is 2. The zero-order chi connectivity index (χ0) is 18.3. The third-order valence-corrected chi connectivity index (χ3v) is 3.82. The molecular weight excluding hydrogens is 300 g/mol. The van der Waals surface area contributed by atoms with Gasteiger partial charge in [-0.05, 0) is 30.4 Å². The van der Waals surface area contributed by atoms with Gasteiger partial charge >= 0.3 is 0 Å². The standard InChI is InChI=1S/C20H32N2O2/c1-14(2)13-16-7-9-17(10-8-16)15(3)22-18(23)11-12-21-19(24)20(4,5)6/h7-10,14-15H,11-13H2,1-6H3,(H,21,24)(H,22,23)/t15-/m0/s1. The maximum atomic E-state index is 12.0. The van der Waals surface area contributed by atoms with Gasteiger partial charge in [-0.15, -0.1) is 0 Å². The molecule has 0 heterocycles. The number of hydrogen-bond donors (Lipinski definition) is 2. The molecule has 0 fully saturated rings. The first kappa shape index (κ1) is 20.2. The summed E-state index contributed by atoms with van der Waals surface area (Å²) < 4.78 is 0. The summed E-state index contributed by atoms with van der Waals surface area (Å²) in [6.07, 6.45) is 1.35. The number of carbonyl (C=O) groups excluding carboxylic acids is 2. The molecule has 4 nitrogen and oxygen atoms in total. The molecule has 0 aliphatic heterocycles. The van der Waals surface area contributed by atoms with Crippen molar-refractivity contribution < 1.29 is 9.59 Å². The molecule has 0 radical (unpaired) electrons. The van der Waals surface area contributed by atoms with Crippen molar-refractivity contribution >= 4 is 11.8 Å². The summed E-state index contributed by atoms with van der Waals surface area (Å²) in [7, 11) is 0. The highest BCUT2D eigenvalue weighted by Crippen LogP contribution is 2.16. The molecule has 1 rings (SSSR count). The van der Waals surface area contributed by atoms with E-state index < -0.39 is 5.41 Å². The molecule has 2 amide bonds. The van der Waals surface area contributed by atoms with Crippen molar-refractivity contribution in [3.8, 4) is 0 Å². The summed E-state index contributed by atoms with van der Waals surface area (Å²) in [5.41, 5.74) is 1.98. The van der Waals surface area contributed by atoms with Crippen molar-refractivity contribution in [1.82, 2.24) is 10.6 Å². The number of carbonyl (C=O) groups is 2. The molecule has 24 heavy (non-hydrogen) atoms. The van der Waals surface area contributed by atoms with Gasteiger partial charge in [-0.2, -0.15) is 0 Å². The van der Waals surface area contributed by atoms with Crippen LogP contribution in [0.15, 0.2) is 24.3 Å². The van der Waals surface area contributed by atoms with E-state index in [0.717, 1.165) is 12.0 Å². The highest BCUT2D eigenvalue weighted by Gasteiger charge is 2.20. The number of rotatable bonds is 7. The third-order valence-electron chi connectivity index (χ3n) is 3.82. The second kappa shape index (κ2) is 8.86. The predicted molar refractivity (Wildman–Crippen MR) is 98.6 cm³/mol. The molecule has 2 N–H and O–H groups in total. The van der Waals surface area contributed by atoms with Gasteiger partial charge in [0.2, 0.25) is 11.8 Å². The van der Waals surface area contributed by atoms with E-state index in [-0.39, 0.29) is 24.3 Å². The van der Waals surface area contributed by atoms with Crippen LogP contribution in [0.5, 0.6) is 0 Å². The summed E-state index contributed by atoms with van der Waals surface area (Å²) in [6, 6.07) is 8.36. The smallest absolute Gasteiger partial charge is 0.225 e. The Morgan fingerprint density at radius 2 is 1.62 bits per heavy atom. The number of hydrogen-bond acceptors (Lipinski definition) is 2. The van der Waals surface area contributed by atoms with Crippen molar-refractivity contribution in [2.45, 2.75) is 60.4 Å². The van der Waals surface area contributed by atoms with Crippen LogP contribution in [0.2, 0.25) is 0 Å². The lowest BCUT2D eigenvalue weighted by atomic mass is 9.96. The summed E-state index contributed by atoms with van der Waals surface area (Å²) in [6.45, 7) is 12.3. The van der Waals surface area contributed by atoms with E-state index in [0.29, 0.717) is 12.5 Å². The SMILES string of the molecule is CC(C)Cc1ccc([C@H](C)NC(=O)CCNC(=O)C(C)(C)C)cc1. The molecule has 1 aromatic rings. The molecule has 0 saturated heterocycles. The van der Waals surface area contributed by atoms with Gasteiger partial charge in [0.05, 0.1) is 6.04 Å². The summed E-state index contributed by atoms with van der Waals surface area (Å²) in [5.74, 6) is 0.545. The van der Waals surface area contributed by atoms with E-state index in [2.05, 4.69) is 48.7 Å². The van der Waals surface area contributed by atoms with Crippen molar-refractivity contribution in [2.24, 2.45) is 11.3 Å². The molecule has 134 valence electrons. The normalized spacial score (nSPS) is 12.8. The van der Waals surface area contributed by atoms with Crippen LogP contribution in [-0.2, 0) is 16.0 Å². The van der Waals surface area contributed by atoms with Gasteiger partial charge in [-0.1, -0.05) is 58.9 Å². The van der Waals surface area contributed by atoms with Gasteiger partial charge in [0, 0.05) is 18.4 Å². The fourth-order valence-corrected chi connectivity index (χ4v) is 2.37. The molecule has 0 aliphatic rings. The van der Waals surface area contributed by atoms with Crippen LogP contribution in [0.1, 0.15) is 65.1 Å². The second-order valence-corrected chi connectivity index (χ2v) is 7.88. The maximum absolute atomic E-state index is 12.0. The van der Waals surface area contributed by atoms with Gasteiger partial charge in [0.1, 0.15) is 0 Å². The lowest BCUT2D eigenvalue weighted by molar-refractivity contribution is -0.128. The van der Waals surface area contributed by atoms with Crippen LogP contribution in [-0.4, -0.2) is 18.4 Å². The first-order valence-corrected chi connectivity index (χ1v) is 8.76. The van der Waals surface area contributed by atoms with E-state index >= 15 is 0 Å². The molecule has 0 aromatic heterocycles. The molecule has 0 saturated carbocycles. The van der Waals surface area contributed by atoms with Crippen molar-refractivity contribution in [1.29, 1.82) is 0 Å². The highest BCUT2D eigenvalue weighted by atomic mass is 16.2. The van der Waals surface area contributed by atoms with E-state index in [1.54, 1.807) is 0 Å². The zero-order valence-electron chi connectivity index (χ0n) is 15.9. The number of benzene rings is 1. The van der Waals surface area contributed by atoms with Crippen LogP contribution in [0.4, 0.5) is 0 Å². The first-order chi connectivity index (χ1) is 11.1. The molecule has 0 unspecified atom stereocenters. The van der Waals surface area contributed by atoms with Crippen molar-refractivity contribution in [3.05, 3.63) is 35.4 Å². The average Bonchev–Trinajstić information content (AvgIpc) is 2.46. The molecule has 1 atom stereocenters. The van der Waals surface area contributed by atoms with Gasteiger partial charge in [-0.25, -0.2) is 0 Å². The maximum Gasteiger partial charge on any atom is 0.225 e. The fraction of sp³-hybridized carbons (Fsp3) is 0.600. The Balaban J connectivity index is 2.42. The van der Waals surface area contributed by atoms with Crippen molar-refractivity contribution in [3.63, 3.8) is 0 Å². The second-order valence-electron chi connectivity index (χ2n) is 7.88. The summed E-state index contributed by atoms with van der Waals surface area (Å²) in [5, 5.41) is 5.77. The topological polar surface area (TPSA) is 58.2 Å². The quantitative estimate of drug-likeness (QED) is 0.801. The van der Waals surface area contributed by atoms with E-state index in [4.69, 9.17) is 0 Å². The minimum atomic E-state index is -0.429. The highest BCUT2D eigenvalue weighted by molar-refractivity contribution is 5.82. The Morgan fingerprint density at radius 1 is 1.04 bits per heavy atom. The Kier molecular flexibility index (Phi) is 7.46. The molecule has 0 bridgehead atoms. The average molecular weight is 332 g/mol. The van der Waals surface area contributed by atoms with E-state index in [1.165, 1.54) is 5.56 Å². The van der Waals surface area contributed by atoms with Gasteiger partial charge in [-0.3, -0.25) is 9.59 Å². The largest absolute Gasteiger partial charge is 0.355 e. The Bertz CT molecular complexity index is 542. The molecule has 0 aliphatic carbocycles. The lowest BCUT2D eigenvalue weighted by Gasteiger charge is -2.18. The van der Waals surface area contributed by atoms with Crippen LogP contribution in [0.3, 0.4) is 0 Å². The first-order valence-electron chi connectivity index (χ1n) is 8.76. The predicted octanol–water partition coefficient (Wildman–Crippen LogP) is 3.61. The molecular formula is C20H32N2O2. The fourth-order valence-electron chi connectivity index (χ4n) is 2.37. The minimum Gasteiger partial charge on any atom is -0.355 e. The van der Waals surface area contributed by atoms with E-state index in [1.807, 2.05) is 27.7 Å². The molecule has 4 heteroatoms. The Hall–Kier alpha value is -1.84.